The summed E-state index contributed by atoms with van der Waals surface area (Å²) in [5, 5.41) is 0. The minimum absolute atomic E-state index is 0.170. The average Bonchev–Trinajstić information content (AvgIpc) is 2.89. The summed E-state index contributed by atoms with van der Waals surface area (Å²) >= 11 is 0. The third-order valence-electron chi connectivity index (χ3n) is 6.58. The Morgan fingerprint density at radius 3 is 2.33 bits per heavy atom. The first kappa shape index (κ1) is 32.3. The van der Waals surface area contributed by atoms with Gasteiger partial charge in [0.25, 0.3) is 5.56 Å². The highest BCUT2D eigenvalue weighted by atomic mass is 19.1. The quantitative estimate of drug-likeness (QED) is 0.318. The van der Waals surface area contributed by atoms with E-state index in [0.717, 1.165) is 28.0 Å². The number of hydrogen-bond donors (Lipinski definition) is 1. The lowest BCUT2D eigenvalue weighted by Crippen LogP contribution is -2.33. The second-order valence-electron chi connectivity index (χ2n) is 10.1. The summed E-state index contributed by atoms with van der Waals surface area (Å²) < 4.78 is 26.3. The van der Waals surface area contributed by atoms with Gasteiger partial charge in [-0.25, -0.2) is 4.39 Å². The number of halogens is 1. The maximum Gasteiger partial charge on any atom is 0.306 e. The molecule has 0 radical (unpaired) electrons. The van der Waals surface area contributed by atoms with Crippen molar-refractivity contribution in [3.05, 3.63) is 87.1 Å². The summed E-state index contributed by atoms with van der Waals surface area (Å²) in [6, 6.07) is 11.9. The van der Waals surface area contributed by atoms with Crippen LogP contribution in [-0.2, 0) is 20.7 Å². The van der Waals surface area contributed by atoms with Gasteiger partial charge in [0, 0.05) is 18.7 Å². The molecule has 1 heterocycles. The molecular weight excluding hydrogens is 511 g/mol. The number of hydrogen-bond acceptors (Lipinski definition) is 5. The molecule has 3 aromatic rings. The number of pyridine rings is 1. The van der Waals surface area contributed by atoms with Crippen molar-refractivity contribution < 1.29 is 23.5 Å². The number of amides is 1. The molecule has 0 saturated carbocycles. The van der Waals surface area contributed by atoms with Gasteiger partial charge in [-0.2, -0.15) is 0 Å². The highest BCUT2D eigenvalue weighted by molar-refractivity contribution is 5.78. The van der Waals surface area contributed by atoms with E-state index in [9.17, 15) is 18.8 Å². The number of nitrogens with zero attached hydrogens (tertiary/aromatic N) is 1. The van der Waals surface area contributed by atoms with Gasteiger partial charge in [-0.3, -0.25) is 14.4 Å². The Kier molecular flexibility index (Phi) is 12.1. The Hall–Kier alpha value is -3.94. The molecule has 0 aliphatic rings. The van der Waals surface area contributed by atoms with E-state index >= 15 is 0 Å². The van der Waals surface area contributed by atoms with Crippen molar-refractivity contribution >= 4 is 11.9 Å². The zero-order valence-corrected chi connectivity index (χ0v) is 24.5. The third-order valence-corrected chi connectivity index (χ3v) is 6.58. The molecule has 0 spiro atoms. The number of primary amides is 1. The first-order chi connectivity index (χ1) is 18.9. The lowest BCUT2D eigenvalue weighted by atomic mass is 9.91. The summed E-state index contributed by atoms with van der Waals surface area (Å²) in [6.45, 7) is 11.8. The van der Waals surface area contributed by atoms with Gasteiger partial charge in [-0.1, -0.05) is 26.0 Å². The molecule has 0 saturated heterocycles. The van der Waals surface area contributed by atoms with Crippen molar-refractivity contribution in [2.45, 2.75) is 66.8 Å². The molecule has 1 unspecified atom stereocenters. The summed E-state index contributed by atoms with van der Waals surface area (Å²) in [6.07, 6.45) is 2.67. The Labute approximate surface area is 236 Å². The lowest BCUT2D eigenvalue weighted by molar-refractivity contribution is -0.143. The zero-order valence-electron chi connectivity index (χ0n) is 24.5. The Balaban J connectivity index is 0.000000319. The van der Waals surface area contributed by atoms with E-state index in [1.807, 2.05) is 52.0 Å². The maximum atomic E-state index is 14.5. The number of carbonyl (C=O) groups excluding carboxylic acids is 2. The van der Waals surface area contributed by atoms with Crippen LogP contribution in [0.15, 0.2) is 53.5 Å². The molecule has 1 amide bonds. The van der Waals surface area contributed by atoms with Crippen LogP contribution in [-0.4, -0.2) is 30.2 Å². The molecule has 3 rings (SSSR count). The van der Waals surface area contributed by atoms with Crippen LogP contribution in [0.5, 0.6) is 5.75 Å². The van der Waals surface area contributed by atoms with Crippen LogP contribution in [0.3, 0.4) is 0 Å². The van der Waals surface area contributed by atoms with E-state index in [0.29, 0.717) is 36.5 Å². The highest BCUT2D eigenvalue weighted by Gasteiger charge is 2.19. The van der Waals surface area contributed by atoms with E-state index in [-0.39, 0.29) is 23.8 Å². The van der Waals surface area contributed by atoms with E-state index in [2.05, 4.69) is 0 Å². The van der Waals surface area contributed by atoms with E-state index in [1.165, 1.54) is 10.6 Å². The molecule has 1 atom stereocenters. The number of methoxy groups -OCH3 is 1. The summed E-state index contributed by atoms with van der Waals surface area (Å²) in [4.78, 5) is 34.3. The summed E-state index contributed by atoms with van der Waals surface area (Å²) in [5.41, 5.74) is 10.3. The number of aryl methyl sites for hydroxylation is 3. The van der Waals surface area contributed by atoms with Crippen molar-refractivity contribution in [3.63, 3.8) is 0 Å². The highest BCUT2D eigenvalue weighted by Crippen LogP contribution is 2.35. The molecule has 216 valence electrons. The van der Waals surface area contributed by atoms with Gasteiger partial charge >= 0.3 is 5.97 Å². The smallest absolute Gasteiger partial charge is 0.306 e. The van der Waals surface area contributed by atoms with Crippen molar-refractivity contribution in [3.8, 4) is 16.9 Å². The molecular formula is C32H41FN2O5. The summed E-state index contributed by atoms with van der Waals surface area (Å²) in [5.74, 6) is 0.0900. The standard InChI is InChI=1S/C21H25FO3.C11H16N2O2/c1-6-25-19(23)10-8-16-12-17(11-14(3)21(16)22)20-13(2)7-9-18(24-5)15(20)4;1-8(2)7-9(11(12)15)13-6-4-3-5-10(13)14/h7,9,11-12H,6,8,10H2,1-5H3;3-6,8-9H,7H2,1-2H3,(H2,12,15). The Morgan fingerprint density at radius 2 is 1.75 bits per heavy atom. The van der Waals surface area contributed by atoms with Crippen molar-refractivity contribution in [2.75, 3.05) is 13.7 Å². The van der Waals surface area contributed by atoms with E-state index in [1.54, 1.807) is 39.3 Å². The number of rotatable bonds is 10. The molecule has 0 fully saturated rings. The van der Waals surface area contributed by atoms with Gasteiger partial charge in [0.15, 0.2) is 0 Å². The van der Waals surface area contributed by atoms with E-state index < -0.39 is 11.9 Å². The normalized spacial score (nSPS) is 11.4. The maximum absolute atomic E-state index is 14.5. The van der Waals surface area contributed by atoms with Gasteiger partial charge < -0.3 is 19.8 Å². The molecule has 0 aliphatic heterocycles. The van der Waals surface area contributed by atoms with E-state index in [4.69, 9.17) is 15.2 Å². The number of carbonyl (C=O) groups is 2. The first-order valence-corrected chi connectivity index (χ1v) is 13.5. The molecule has 8 heteroatoms. The molecule has 2 aromatic carbocycles. The second-order valence-corrected chi connectivity index (χ2v) is 10.1. The van der Waals surface area contributed by atoms with Gasteiger partial charge in [0.1, 0.15) is 17.6 Å². The minimum atomic E-state index is -0.543. The number of aromatic nitrogens is 1. The molecule has 40 heavy (non-hydrogen) atoms. The van der Waals surface area contributed by atoms with Crippen LogP contribution in [0.1, 0.15) is 61.9 Å². The van der Waals surface area contributed by atoms with Crippen molar-refractivity contribution in [2.24, 2.45) is 11.7 Å². The lowest BCUT2D eigenvalue weighted by Gasteiger charge is -2.17. The largest absolute Gasteiger partial charge is 0.496 e. The van der Waals surface area contributed by atoms with Crippen LogP contribution in [0.4, 0.5) is 4.39 Å². The van der Waals surface area contributed by atoms with Gasteiger partial charge in [-0.15, -0.1) is 0 Å². The number of esters is 1. The van der Waals surface area contributed by atoms with Crippen LogP contribution in [0.2, 0.25) is 0 Å². The molecule has 7 nitrogen and oxygen atoms in total. The zero-order chi connectivity index (χ0) is 30.0. The Morgan fingerprint density at radius 1 is 1.05 bits per heavy atom. The van der Waals surface area contributed by atoms with Gasteiger partial charge in [0.2, 0.25) is 5.91 Å². The first-order valence-electron chi connectivity index (χ1n) is 13.5. The molecule has 0 aliphatic carbocycles. The Bertz CT molecular complexity index is 1380. The SMILES string of the molecule is CC(C)CC(C(N)=O)n1ccccc1=O.CCOC(=O)CCc1cc(-c2c(C)ccc(OC)c2C)cc(C)c1F. The van der Waals surface area contributed by atoms with Crippen LogP contribution < -0.4 is 16.0 Å². The predicted molar refractivity (Wildman–Crippen MR) is 156 cm³/mol. The second kappa shape index (κ2) is 15.0. The van der Waals surface area contributed by atoms with Crippen LogP contribution in [0, 0.1) is 32.5 Å². The fraction of sp³-hybridized carbons (Fsp3) is 0.406. The van der Waals surface area contributed by atoms with Crippen molar-refractivity contribution in [1.29, 1.82) is 0 Å². The van der Waals surface area contributed by atoms with Crippen molar-refractivity contribution in [1.82, 2.24) is 4.57 Å². The number of benzene rings is 2. The van der Waals surface area contributed by atoms with Crippen LogP contribution >= 0.6 is 0 Å². The van der Waals surface area contributed by atoms with Gasteiger partial charge in [0.05, 0.1) is 13.7 Å². The molecule has 1 aromatic heterocycles. The fourth-order valence-corrected chi connectivity index (χ4v) is 4.64. The molecule has 0 bridgehead atoms. The number of nitrogens with two attached hydrogens (primary N) is 1. The monoisotopic (exact) mass is 552 g/mol. The van der Waals surface area contributed by atoms with Crippen LogP contribution in [0.25, 0.3) is 11.1 Å². The van der Waals surface area contributed by atoms with Gasteiger partial charge in [-0.05, 0) is 104 Å². The molecule has 2 N–H and O–H groups in total. The predicted octanol–water partition coefficient (Wildman–Crippen LogP) is 5.84. The fourth-order valence-electron chi connectivity index (χ4n) is 4.64. The minimum Gasteiger partial charge on any atom is -0.496 e. The summed E-state index contributed by atoms with van der Waals surface area (Å²) in [7, 11) is 1.64. The number of ether oxygens (including phenoxy) is 2. The third kappa shape index (κ3) is 8.53. The topological polar surface area (TPSA) is 101 Å². The average molecular weight is 553 g/mol.